The Morgan fingerprint density at radius 3 is 2.76 bits per heavy atom. The van der Waals surface area contributed by atoms with E-state index in [0.29, 0.717) is 0 Å². The second-order valence-electron chi connectivity index (χ2n) is 4.07. The fourth-order valence-electron chi connectivity index (χ4n) is 1.52. The van der Waals surface area contributed by atoms with Crippen LogP contribution >= 0.6 is 0 Å². The molecule has 0 unspecified atom stereocenters. The summed E-state index contributed by atoms with van der Waals surface area (Å²) < 4.78 is 27.7. The molecule has 0 amide bonds. The first-order chi connectivity index (χ1) is 9.79. The number of nitro benzene ring substituents is 1. The van der Waals surface area contributed by atoms with Crippen molar-refractivity contribution >= 4 is 15.7 Å². The molecule has 0 radical (unpaired) electrons. The molecule has 2 rings (SSSR count). The summed E-state index contributed by atoms with van der Waals surface area (Å²) in [6, 6.07) is 2.80. The molecule has 0 aliphatic carbocycles. The molecule has 1 heterocycles. The Balaban J connectivity index is 2.23. The molecule has 0 atom stereocenters. The van der Waals surface area contributed by atoms with E-state index in [0.717, 1.165) is 18.2 Å². The minimum atomic E-state index is -3.98. The Labute approximate surface area is 119 Å². The normalized spacial score (nSPS) is 11.5. The smallest absolute Gasteiger partial charge is 0.312 e. The molecular formula is C10H11N5O5S. The first-order valence-corrected chi connectivity index (χ1v) is 7.09. The molecule has 2 aromatic rings. The molecule has 11 heteroatoms. The van der Waals surface area contributed by atoms with E-state index in [1.165, 1.54) is 11.0 Å². The molecule has 0 aliphatic heterocycles. The Morgan fingerprint density at radius 1 is 1.48 bits per heavy atom. The van der Waals surface area contributed by atoms with Crippen molar-refractivity contribution in [1.29, 1.82) is 0 Å². The van der Waals surface area contributed by atoms with E-state index in [9.17, 15) is 23.6 Å². The van der Waals surface area contributed by atoms with Gasteiger partial charge in [0, 0.05) is 13.1 Å². The summed E-state index contributed by atoms with van der Waals surface area (Å²) >= 11 is 0. The van der Waals surface area contributed by atoms with E-state index in [1.54, 1.807) is 7.05 Å². The average Bonchev–Trinajstić information content (AvgIpc) is 2.82. The maximum Gasteiger partial charge on any atom is 0.312 e. The first kappa shape index (κ1) is 14.9. The number of nitrogens with zero attached hydrogens (tertiary/aromatic N) is 4. The molecule has 0 saturated carbocycles. The van der Waals surface area contributed by atoms with Crippen molar-refractivity contribution in [2.45, 2.75) is 11.4 Å². The zero-order valence-corrected chi connectivity index (χ0v) is 11.6. The maximum absolute atomic E-state index is 12.0. The number of hydrogen-bond donors (Lipinski definition) is 2. The van der Waals surface area contributed by atoms with Crippen LogP contribution in [0.25, 0.3) is 0 Å². The van der Waals surface area contributed by atoms with Crippen LogP contribution in [0.1, 0.15) is 5.82 Å². The Morgan fingerprint density at radius 2 is 2.19 bits per heavy atom. The van der Waals surface area contributed by atoms with E-state index in [2.05, 4.69) is 14.8 Å². The number of phenolic OH excluding ortho intramolecular Hbond substituents is 1. The Hall–Kier alpha value is -2.53. The van der Waals surface area contributed by atoms with Gasteiger partial charge >= 0.3 is 5.69 Å². The van der Waals surface area contributed by atoms with Crippen LogP contribution in [0, 0.1) is 10.1 Å². The monoisotopic (exact) mass is 313 g/mol. The van der Waals surface area contributed by atoms with Gasteiger partial charge in [-0.05, 0) is 12.1 Å². The Kier molecular flexibility index (Phi) is 3.86. The number of phenols is 1. The van der Waals surface area contributed by atoms with Crippen molar-refractivity contribution in [3.05, 3.63) is 40.5 Å². The molecule has 0 aliphatic rings. The highest BCUT2D eigenvalue weighted by Crippen LogP contribution is 2.28. The topological polar surface area (TPSA) is 140 Å². The lowest BCUT2D eigenvalue weighted by Gasteiger charge is -2.05. The summed E-state index contributed by atoms with van der Waals surface area (Å²) in [7, 11) is -2.34. The molecule has 1 aromatic heterocycles. The standard InChI is InChI=1S/C10H11N5O5S/c1-14-6-11-10(13-14)5-12-21(19,20)7-2-3-9(16)8(4-7)15(17)18/h2-4,6,12,16H,5H2,1H3. The van der Waals surface area contributed by atoms with E-state index >= 15 is 0 Å². The van der Waals surface area contributed by atoms with Crippen molar-refractivity contribution in [2.75, 3.05) is 0 Å². The molecular weight excluding hydrogens is 302 g/mol. The number of benzene rings is 1. The van der Waals surface area contributed by atoms with E-state index in [1.807, 2.05) is 0 Å². The van der Waals surface area contributed by atoms with Gasteiger partial charge in [-0.25, -0.2) is 18.1 Å². The third-order valence-corrected chi connectivity index (χ3v) is 3.92. The van der Waals surface area contributed by atoms with Gasteiger partial charge in [-0.3, -0.25) is 14.8 Å². The first-order valence-electron chi connectivity index (χ1n) is 5.61. The SMILES string of the molecule is Cn1cnc(CNS(=O)(=O)c2ccc(O)c([N+](=O)[O-])c2)n1. The van der Waals surface area contributed by atoms with Crippen LogP contribution in [-0.2, 0) is 23.6 Å². The summed E-state index contributed by atoms with van der Waals surface area (Å²) in [5.41, 5.74) is -0.686. The van der Waals surface area contributed by atoms with Crippen LogP contribution in [-0.4, -0.2) is 33.2 Å². The van der Waals surface area contributed by atoms with Crippen LogP contribution in [0.4, 0.5) is 5.69 Å². The number of nitrogens with one attached hydrogen (secondary N) is 1. The third kappa shape index (κ3) is 3.32. The van der Waals surface area contributed by atoms with Gasteiger partial charge in [0.15, 0.2) is 11.6 Å². The van der Waals surface area contributed by atoms with Gasteiger partial charge in [0.05, 0.1) is 16.4 Å². The highest BCUT2D eigenvalue weighted by atomic mass is 32.2. The van der Waals surface area contributed by atoms with E-state index in [-0.39, 0.29) is 17.3 Å². The predicted molar refractivity (Wildman–Crippen MR) is 69.8 cm³/mol. The van der Waals surface area contributed by atoms with Gasteiger partial charge in [0.2, 0.25) is 10.0 Å². The molecule has 1 aromatic carbocycles. The summed E-state index contributed by atoms with van der Waals surface area (Å²) in [5, 5.41) is 23.9. The van der Waals surface area contributed by atoms with Crippen LogP contribution in [0.5, 0.6) is 5.75 Å². The van der Waals surface area contributed by atoms with Gasteiger partial charge in [0.1, 0.15) is 6.33 Å². The number of hydrogen-bond acceptors (Lipinski definition) is 7. The van der Waals surface area contributed by atoms with E-state index in [4.69, 9.17) is 0 Å². The maximum atomic E-state index is 12.0. The quantitative estimate of drug-likeness (QED) is 0.580. The minimum Gasteiger partial charge on any atom is -0.502 e. The van der Waals surface area contributed by atoms with Crippen LogP contribution in [0.15, 0.2) is 29.4 Å². The number of sulfonamides is 1. The Bertz CT molecular complexity index is 785. The molecule has 10 nitrogen and oxygen atoms in total. The minimum absolute atomic E-state index is 0.155. The summed E-state index contributed by atoms with van der Waals surface area (Å²) in [4.78, 5) is 13.3. The zero-order chi connectivity index (χ0) is 15.6. The van der Waals surface area contributed by atoms with E-state index < -0.39 is 26.4 Å². The van der Waals surface area contributed by atoms with Crippen molar-refractivity contribution in [3.63, 3.8) is 0 Å². The fourth-order valence-corrected chi connectivity index (χ4v) is 2.52. The summed E-state index contributed by atoms with van der Waals surface area (Å²) in [5.74, 6) is -0.348. The number of nitro groups is 1. The van der Waals surface area contributed by atoms with Gasteiger partial charge in [-0.2, -0.15) is 5.10 Å². The van der Waals surface area contributed by atoms with Gasteiger partial charge in [-0.15, -0.1) is 0 Å². The number of rotatable bonds is 5. The van der Waals surface area contributed by atoms with Crippen LogP contribution < -0.4 is 4.72 Å². The lowest BCUT2D eigenvalue weighted by Crippen LogP contribution is -2.24. The molecule has 0 bridgehead atoms. The number of aromatic hydroxyl groups is 1. The molecule has 0 fully saturated rings. The molecule has 2 N–H and O–H groups in total. The van der Waals surface area contributed by atoms with Gasteiger partial charge < -0.3 is 5.11 Å². The fraction of sp³-hybridized carbons (Fsp3) is 0.200. The van der Waals surface area contributed by atoms with Crippen LogP contribution in [0.3, 0.4) is 0 Å². The lowest BCUT2D eigenvalue weighted by atomic mass is 10.3. The van der Waals surface area contributed by atoms with Gasteiger partial charge in [0.25, 0.3) is 0 Å². The second-order valence-corrected chi connectivity index (χ2v) is 5.83. The van der Waals surface area contributed by atoms with Crippen molar-refractivity contribution in [1.82, 2.24) is 19.5 Å². The molecule has 112 valence electrons. The highest BCUT2D eigenvalue weighted by molar-refractivity contribution is 7.89. The summed E-state index contributed by atoms with van der Waals surface area (Å²) in [6.45, 7) is -0.155. The van der Waals surface area contributed by atoms with Crippen LogP contribution in [0.2, 0.25) is 0 Å². The van der Waals surface area contributed by atoms with Crippen molar-refractivity contribution in [2.24, 2.45) is 7.05 Å². The van der Waals surface area contributed by atoms with Crippen molar-refractivity contribution in [3.8, 4) is 5.75 Å². The summed E-state index contributed by atoms with van der Waals surface area (Å²) in [6.07, 6.45) is 1.41. The third-order valence-electron chi connectivity index (χ3n) is 2.52. The lowest BCUT2D eigenvalue weighted by molar-refractivity contribution is -0.386. The number of aryl methyl sites for hydroxylation is 1. The zero-order valence-electron chi connectivity index (χ0n) is 10.8. The molecule has 21 heavy (non-hydrogen) atoms. The molecule has 0 saturated heterocycles. The second kappa shape index (κ2) is 5.46. The highest BCUT2D eigenvalue weighted by Gasteiger charge is 2.21. The number of aromatic nitrogens is 3. The van der Waals surface area contributed by atoms with Gasteiger partial charge in [-0.1, -0.05) is 0 Å². The largest absolute Gasteiger partial charge is 0.502 e. The average molecular weight is 313 g/mol. The molecule has 0 spiro atoms. The predicted octanol–water partition coefficient (Wildman–Crippen LogP) is -0.0926. The van der Waals surface area contributed by atoms with Crippen molar-refractivity contribution < 1.29 is 18.4 Å².